The van der Waals surface area contributed by atoms with Gasteiger partial charge in [0.15, 0.2) is 5.96 Å². The van der Waals surface area contributed by atoms with Gasteiger partial charge in [0.05, 0.1) is 12.7 Å². The number of guanidine groups is 1. The highest BCUT2D eigenvalue weighted by molar-refractivity contribution is 14.0. The fourth-order valence-electron chi connectivity index (χ4n) is 3.71. The van der Waals surface area contributed by atoms with E-state index in [-0.39, 0.29) is 24.0 Å². The summed E-state index contributed by atoms with van der Waals surface area (Å²) in [5.41, 5.74) is 0.587. The average molecular weight is 437 g/mol. The molecular weight excluding hydrogens is 405 g/mol. The Balaban J connectivity index is 0.00000192. The van der Waals surface area contributed by atoms with Crippen molar-refractivity contribution in [3.8, 4) is 0 Å². The van der Waals surface area contributed by atoms with Crippen molar-refractivity contribution in [2.75, 3.05) is 40.0 Å². The first-order valence-electron chi connectivity index (χ1n) is 8.96. The Hall–Kier alpha value is -0.0800. The lowest BCUT2D eigenvalue weighted by Crippen LogP contribution is -2.47. The van der Waals surface area contributed by atoms with Gasteiger partial charge in [-0.3, -0.25) is 4.99 Å². The van der Waals surface area contributed by atoms with Crippen molar-refractivity contribution >= 4 is 29.9 Å². The summed E-state index contributed by atoms with van der Waals surface area (Å²) in [6.07, 6.45) is 9.45. The molecule has 1 saturated heterocycles. The van der Waals surface area contributed by atoms with Crippen molar-refractivity contribution in [2.45, 2.75) is 51.0 Å². The predicted molar refractivity (Wildman–Crippen MR) is 104 cm³/mol. The van der Waals surface area contributed by atoms with Gasteiger partial charge in [0.1, 0.15) is 0 Å². The zero-order chi connectivity index (χ0) is 15.3. The van der Waals surface area contributed by atoms with Gasteiger partial charge in [-0.2, -0.15) is 0 Å². The maximum atomic E-state index is 5.77. The Bertz CT molecular complexity index is 378. The second-order valence-corrected chi connectivity index (χ2v) is 7.05. The van der Waals surface area contributed by atoms with Crippen molar-refractivity contribution in [1.29, 1.82) is 0 Å². The van der Waals surface area contributed by atoms with E-state index in [1.54, 1.807) is 0 Å². The minimum absolute atomic E-state index is 0. The van der Waals surface area contributed by atoms with Gasteiger partial charge in [-0.25, -0.2) is 0 Å². The minimum Gasteiger partial charge on any atom is -0.379 e. The molecule has 0 aromatic carbocycles. The molecule has 2 N–H and O–H groups in total. The van der Waals surface area contributed by atoms with Crippen LogP contribution in [-0.4, -0.2) is 52.0 Å². The summed E-state index contributed by atoms with van der Waals surface area (Å²) >= 11 is 0. The number of halogens is 1. The summed E-state index contributed by atoms with van der Waals surface area (Å²) in [4.78, 5) is 4.34. The molecule has 6 heteroatoms. The van der Waals surface area contributed by atoms with Crippen LogP contribution >= 0.6 is 24.0 Å². The normalized spacial score (nSPS) is 26.3. The van der Waals surface area contributed by atoms with E-state index < -0.39 is 0 Å². The summed E-state index contributed by atoms with van der Waals surface area (Å²) in [5.74, 6) is 1.92. The number of nitrogens with zero attached hydrogens (tertiary/aromatic N) is 1. The number of hydrogen-bond donors (Lipinski definition) is 2. The third-order valence-electron chi connectivity index (χ3n) is 5.48. The highest BCUT2D eigenvalue weighted by Gasteiger charge is 2.48. The van der Waals surface area contributed by atoms with Crippen LogP contribution in [-0.2, 0) is 9.47 Å². The van der Waals surface area contributed by atoms with Gasteiger partial charge in [0, 0.05) is 33.4 Å². The van der Waals surface area contributed by atoms with Crippen LogP contribution in [0.2, 0.25) is 0 Å². The Kier molecular flexibility index (Phi) is 7.88. The quantitative estimate of drug-likeness (QED) is 0.265. The van der Waals surface area contributed by atoms with Crippen molar-refractivity contribution in [3.63, 3.8) is 0 Å². The predicted octanol–water partition coefficient (Wildman–Crippen LogP) is 2.55. The third-order valence-corrected chi connectivity index (χ3v) is 5.48. The van der Waals surface area contributed by atoms with Gasteiger partial charge in [0.2, 0.25) is 0 Å². The molecule has 134 valence electrons. The van der Waals surface area contributed by atoms with E-state index in [1.165, 1.54) is 32.1 Å². The van der Waals surface area contributed by atoms with Crippen molar-refractivity contribution in [1.82, 2.24) is 10.6 Å². The standard InChI is InChI=1S/C17H31N3O2.HI/c1-18-16(19-9-3-10-22-15-6-11-21-12-15)20-13-17(7-2-8-17)14-4-5-14;/h14-15H,2-13H2,1H3,(H2,18,19,20);1H. The summed E-state index contributed by atoms with van der Waals surface area (Å²) in [7, 11) is 1.85. The monoisotopic (exact) mass is 437 g/mol. The highest BCUT2D eigenvalue weighted by Crippen LogP contribution is 2.56. The van der Waals surface area contributed by atoms with E-state index in [0.29, 0.717) is 11.5 Å². The molecular formula is C17H32IN3O2. The van der Waals surface area contributed by atoms with Crippen LogP contribution in [0.1, 0.15) is 44.9 Å². The molecule has 0 amide bonds. The molecule has 3 fully saturated rings. The fourth-order valence-corrected chi connectivity index (χ4v) is 3.71. The molecule has 1 unspecified atom stereocenters. The molecule has 1 aliphatic heterocycles. The lowest BCUT2D eigenvalue weighted by molar-refractivity contribution is 0.0419. The molecule has 0 radical (unpaired) electrons. The van der Waals surface area contributed by atoms with Crippen molar-refractivity contribution in [3.05, 3.63) is 0 Å². The highest BCUT2D eigenvalue weighted by atomic mass is 127. The first kappa shape index (κ1) is 19.2. The molecule has 0 spiro atoms. The van der Waals surface area contributed by atoms with Gasteiger partial charge in [0.25, 0.3) is 0 Å². The molecule has 1 atom stereocenters. The van der Waals surface area contributed by atoms with E-state index >= 15 is 0 Å². The van der Waals surface area contributed by atoms with Crippen LogP contribution in [0.15, 0.2) is 4.99 Å². The van der Waals surface area contributed by atoms with Crippen molar-refractivity contribution < 1.29 is 9.47 Å². The summed E-state index contributed by atoms with van der Waals surface area (Å²) in [6, 6.07) is 0. The number of nitrogens with one attached hydrogen (secondary N) is 2. The van der Waals surface area contributed by atoms with E-state index in [1.807, 2.05) is 7.05 Å². The largest absolute Gasteiger partial charge is 0.379 e. The van der Waals surface area contributed by atoms with Crippen LogP contribution in [0, 0.1) is 11.3 Å². The number of ether oxygens (including phenoxy) is 2. The van der Waals surface area contributed by atoms with E-state index in [2.05, 4.69) is 15.6 Å². The topological polar surface area (TPSA) is 54.9 Å². The Labute approximate surface area is 157 Å². The lowest BCUT2D eigenvalue weighted by atomic mass is 9.65. The Morgan fingerprint density at radius 2 is 2.09 bits per heavy atom. The molecule has 1 heterocycles. The molecule has 0 bridgehead atoms. The molecule has 2 aliphatic carbocycles. The van der Waals surface area contributed by atoms with Gasteiger partial charge in [-0.15, -0.1) is 24.0 Å². The molecule has 5 nitrogen and oxygen atoms in total. The van der Waals surface area contributed by atoms with Gasteiger partial charge in [-0.05, 0) is 49.9 Å². The first-order valence-corrected chi connectivity index (χ1v) is 8.96. The molecule has 0 aromatic rings. The van der Waals surface area contributed by atoms with Crippen LogP contribution < -0.4 is 10.6 Å². The average Bonchev–Trinajstić information content (AvgIpc) is 3.20. The maximum absolute atomic E-state index is 5.77. The van der Waals surface area contributed by atoms with Crippen LogP contribution in [0.5, 0.6) is 0 Å². The molecule has 3 aliphatic rings. The third kappa shape index (κ3) is 5.46. The van der Waals surface area contributed by atoms with Crippen molar-refractivity contribution in [2.24, 2.45) is 16.3 Å². The minimum atomic E-state index is 0. The molecule has 23 heavy (non-hydrogen) atoms. The number of rotatable bonds is 8. The fraction of sp³-hybridized carbons (Fsp3) is 0.941. The Morgan fingerprint density at radius 3 is 2.65 bits per heavy atom. The number of aliphatic imine (C=N–C) groups is 1. The molecule has 2 saturated carbocycles. The summed E-state index contributed by atoms with van der Waals surface area (Å²) < 4.78 is 11.1. The maximum Gasteiger partial charge on any atom is 0.190 e. The molecule has 3 rings (SSSR count). The number of hydrogen-bond acceptors (Lipinski definition) is 3. The zero-order valence-corrected chi connectivity index (χ0v) is 16.6. The Morgan fingerprint density at radius 1 is 1.26 bits per heavy atom. The first-order chi connectivity index (χ1) is 10.8. The van der Waals surface area contributed by atoms with E-state index in [0.717, 1.165) is 57.6 Å². The molecule has 0 aromatic heterocycles. The smallest absolute Gasteiger partial charge is 0.190 e. The summed E-state index contributed by atoms with van der Waals surface area (Å²) in [6.45, 7) is 4.41. The van der Waals surface area contributed by atoms with Gasteiger partial charge < -0.3 is 20.1 Å². The van der Waals surface area contributed by atoms with Gasteiger partial charge in [-0.1, -0.05) is 6.42 Å². The van der Waals surface area contributed by atoms with Crippen LogP contribution in [0.3, 0.4) is 0 Å². The second-order valence-electron chi connectivity index (χ2n) is 7.05. The van der Waals surface area contributed by atoms with Crippen LogP contribution in [0.4, 0.5) is 0 Å². The summed E-state index contributed by atoms with van der Waals surface area (Å²) in [5, 5.41) is 6.95. The lowest BCUT2D eigenvalue weighted by Gasteiger charge is -2.43. The van der Waals surface area contributed by atoms with E-state index in [9.17, 15) is 0 Å². The van der Waals surface area contributed by atoms with E-state index in [4.69, 9.17) is 9.47 Å². The SMILES string of the molecule is CN=C(NCCCOC1CCOC1)NCC1(C2CC2)CCC1.I. The van der Waals surface area contributed by atoms with Crippen LogP contribution in [0.25, 0.3) is 0 Å². The zero-order valence-electron chi connectivity index (χ0n) is 14.3. The second kappa shape index (κ2) is 9.42. The van der Waals surface area contributed by atoms with Gasteiger partial charge >= 0.3 is 0 Å².